The van der Waals surface area contributed by atoms with Crippen LogP contribution in [0.2, 0.25) is 0 Å². The van der Waals surface area contributed by atoms with Crippen molar-refractivity contribution < 1.29 is 9.47 Å². The van der Waals surface area contributed by atoms with Crippen LogP contribution in [0.1, 0.15) is 62.5 Å². The second-order valence-electron chi connectivity index (χ2n) is 8.34. The van der Waals surface area contributed by atoms with Crippen molar-refractivity contribution in [2.75, 3.05) is 12.3 Å². The van der Waals surface area contributed by atoms with Crippen molar-refractivity contribution in [2.45, 2.75) is 66.1 Å². The fourth-order valence-electron chi connectivity index (χ4n) is 3.97. The van der Waals surface area contributed by atoms with E-state index in [-0.39, 0.29) is 11.7 Å². The SMILES string of the molecule is Cc1cc(N)c(C)c(C(C)OC(C)(C)C)c1-c1ccc2c(c1)CCCO2. The number of hydrogen-bond acceptors (Lipinski definition) is 3. The van der Waals surface area contributed by atoms with Gasteiger partial charge in [0.25, 0.3) is 0 Å². The Kier molecular flexibility index (Phi) is 5.03. The normalized spacial score (nSPS) is 15.3. The Morgan fingerprint density at radius 3 is 2.58 bits per heavy atom. The molecule has 3 nitrogen and oxygen atoms in total. The summed E-state index contributed by atoms with van der Waals surface area (Å²) in [6, 6.07) is 8.62. The van der Waals surface area contributed by atoms with Crippen LogP contribution >= 0.6 is 0 Å². The van der Waals surface area contributed by atoms with Gasteiger partial charge in [-0.05, 0) is 106 Å². The van der Waals surface area contributed by atoms with Gasteiger partial charge in [-0.15, -0.1) is 0 Å². The van der Waals surface area contributed by atoms with Gasteiger partial charge in [-0.3, -0.25) is 0 Å². The zero-order valence-electron chi connectivity index (χ0n) is 16.9. The van der Waals surface area contributed by atoms with Crippen LogP contribution in [-0.4, -0.2) is 12.2 Å². The third-order valence-corrected chi connectivity index (χ3v) is 5.01. The lowest BCUT2D eigenvalue weighted by atomic mass is 9.87. The predicted octanol–water partition coefficient (Wildman–Crippen LogP) is 5.75. The average molecular weight is 354 g/mol. The lowest BCUT2D eigenvalue weighted by Crippen LogP contribution is -2.22. The second-order valence-corrected chi connectivity index (χ2v) is 8.34. The number of rotatable bonds is 3. The third-order valence-electron chi connectivity index (χ3n) is 5.01. The molecule has 26 heavy (non-hydrogen) atoms. The van der Waals surface area contributed by atoms with Crippen LogP contribution in [0.25, 0.3) is 11.1 Å². The van der Waals surface area contributed by atoms with Gasteiger partial charge in [0, 0.05) is 5.69 Å². The highest BCUT2D eigenvalue weighted by molar-refractivity contribution is 5.77. The maximum atomic E-state index is 6.31. The fourth-order valence-corrected chi connectivity index (χ4v) is 3.97. The molecule has 1 aliphatic heterocycles. The minimum atomic E-state index is -0.217. The lowest BCUT2D eigenvalue weighted by Gasteiger charge is -2.29. The first kappa shape index (κ1) is 18.8. The van der Waals surface area contributed by atoms with Gasteiger partial charge in [0.1, 0.15) is 5.75 Å². The van der Waals surface area contributed by atoms with Crippen molar-refractivity contribution >= 4 is 5.69 Å². The Bertz CT molecular complexity index is 818. The molecule has 0 amide bonds. The van der Waals surface area contributed by atoms with Crippen LogP contribution in [0.15, 0.2) is 24.3 Å². The Morgan fingerprint density at radius 1 is 1.15 bits per heavy atom. The molecule has 0 radical (unpaired) electrons. The minimum absolute atomic E-state index is 0.0421. The number of ether oxygens (including phenoxy) is 2. The molecule has 2 N–H and O–H groups in total. The van der Waals surface area contributed by atoms with E-state index < -0.39 is 0 Å². The first-order valence-electron chi connectivity index (χ1n) is 9.51. The first-order valence-corrected chi connectivity index (χ1v) is 9.51. The van der Waals surface area contributed by atoms with Gasteiger partial charge in [-0.2, -0.15) is 0 Å². The molecule has 0 saturated heterocycles. The standard InChI is InChI=1S/C23H31NO2/c1-14-12-19(24)15(2)22(16(3)26-23(4,5)6)21(14)18-9-10-20-17(13-18)8-7-11-25-20/h9-10,12-13,16H,7-8,11,24H2,1-6H3. The van der Waals surface area contributed by atoms with E-state index in [4.69, 9.17) is 15.2 Å². The predicted molar refractivity (Wildman–Crippen MR) is 109 cm³/mol. The molecule has 2 aromatic carbocycles. The van der Waals surface area contributed by atoms with E-state index in [1.165, 1.54) is 27.8 Å². The lowest BCUT2D eigenvalue weighted by molar-refractivity contribution is -0.0529. The molecule has 1 heterocycles. The average Bonchev–Trinajstić information content (AvgIpc) is 2.55. The summed E-state index contributed by atoms with van der Waals surface area (Å²) in [5, 5.41) is 0. The molecule has 1 aliphatic rings. The number of nitrogens with two attached hydrogens (primary N) is 1. The van der Waals surface area contributed by atoms with Crippen LogP contribution in [0.3, 0.4) is 0 Å². The maximum absolute atomic E-state index is 6.31. The Hall–Kier alpha value is -2.00. The van der Waals surface area contributed by atoms with Crippen molar-refractivity contribution in [1.82, 2.24) is 0 Å². The van der Waals surface area contributed by atoms with Crippen LogP contribution in [0.4, 0.5) is 5.69 Å². The van der Waals surface area contributed by atoms with Crippen LogP contribution in [-0.2, 0) is 11.2 Å². The van der Waals surface area contributed by atoms with E-state index in [2.05, 4.69) is 65.8 Å². The Balaban J connectivity index is 2.16. The zero-order valence-corrected chi connectivity index (χ0v) is 16.9. The molecular formula is C23H31NO2. The summed E-state index contributed by atoms with van der Waals surface area (Å²) in [4.78, 5) is 0. The van der Waals surface area contributed by atoms with E-state index in [9.17, 15) is 0 Å². The summed E-state index contributed by atoms with van der Waals surface area (Å²) >= 11 is 0. The van der Waals surface area contributed by atoms with Crippen LogP contribution in [0, 0.1) is 13.8 Å². The number of benzene rings is 2. The topological polar surface area (TPSA) is 44.5 Å². The molecule has 0 saturated carbocycles. The van der Waals surface area contributed by atoms with Crippen molar-refractivity contribution in [3.05, 3.63) is 46.5 Å². The van der Waals surface area contributed by atoms with Crippen molar-refractivity contribution in [3.8, 4) is 16.9 Å². The van der Waals surface area contributed by atoms with Gasteiger partial charge in [0.2, 0.25) is 0 Å². The van der Waals surface area contributed by atoms with Gasteiger partial charge < -0.3 is 15.2 Å². The molecule has 3 heteroatoms. The summed E-state index contributed by atoms with van der Waals surface area (Å²) in [5.41, 5.74) is 14.1. The van der Waals surface area contributed by atoms with Gasteiger partial charge in [-0.1, -0.05) is 6.07 Å². The summed E-state index contributed by atoms with van der Waals surface area (Å²) in [5.74, 6) is 1.02. The zero-order chi connectivity index (χ0) is 19.1. The van der Waals surface area contributed by atoms with E-state index in [1.54, 1.807) is 0 Å². The second kappa shape index (κ2) is 6.96. The summed E-state index contributed by atoms with van der Waals surface area (Å²) < 4.78 is 12.1. The number of aryl methyl sites for hydroxylation is 2. The van der Waals surface area contributed by atoms with Gasteiger partial charge >= 0.3 is 0 Å². The molecule has 0 bridgehead atoms. The largest absolute Gasteiger partial charge is 0.493 e. The van der Waals surface area contributed by atoms with Crippen molar-refractivity contribution in [1.29, 1.82) is 0 Å². The molecular weight excluding hydrogens is 322 g/mol. The molecule has 1 unspecified atom stereocenters. The van der Waals surface area contributed by atoms with Crippen LogP contribution in [0.5, 0.6) is 5.75 Å². The first-order chi connectivity index (χ1) is 12.2. The molecule has 0 fully saturated rings. The van der Waals surface area contributed by atoms with Crippen molar-refractivity contribution in [3.63, 3.8) is 0 Å². The molecule has 140 valence electrons. The monoisotopic (exact) mass is 353 g/mol. The molecule has 0 aromatic heterocycles. The number of hydrogen-bond donors (Lipinski definition) is 1. The highest BCUT2D eigenvalue weighted by Crippen LogP contribution is 2.41. The van der Waals surface area contributed by atoms with E-state index in [0.717, 1.165) is 36.4 Å². The van der Waals surface area contributed by atoms with E-state index in [1.807, 2.05) is 0 Å². The smallest absolute Gasteiger partial charge is 0.122 e. The molecule has 2 aromatic rings. The van der Waals surface area contributed by atoms with Crippen molar-refractivity contribution in [2.24, 2.45) is 0 Å². The number of nitrogen functional groups attached to an aromatic ring is 1. The van der Waals surface area contributed by atoms with Gasteiger partial charge in [0.15, 0.2) is 0 Å². The minimum Gasteiger partial charge on any atom is -0.493 e. The Labute approximate surface area is 157 Å². The molecule has 3 rings (SSSR count). The molecule has 0 spiro atoms. The summed E-state index contributed by atoms with van der Waals surface area (Å²) in [7, 11) is 0. The Morgan fingerprint density at radius 2 is 1.88 bits per heavy atom. The third kappa shape index (κ3) is 3.73. The summed E-state index contributed by atoms with van der Waals surface area (Å²) in [6.07, 6.45) is 2.10. The van der Waals surface area contributed by atoms with Gasteiger partial charge in [-0.25, -0.2) is 0 Å². The molecule has 1 atom stereocenters. The highest BCUT2D eigenvalue weighted by Gasteiger charge is 2.24. The number of anilines is 1. The van der Waals surface area contributed by atoms with Crippen LogP contribution < -0.4 is 10.5 Å². The molecule has 0 aliphatic carbocycles. The quantitative estimate of drug-likeness (QED) is 0.714. The highest BCUT2D eigenvalue weighted by atomic mass is 16.5. The number of fused-ring (bicyclic) bond motifs is 1. The van der Waals surface area contributed by atoms with Gasteiger partial charge in [0.05, 0.1) is 18.3 Å². The van der Waals surface area contributed by atoms with E-state index in [0.29, 0.717) is 0 Å². The maximum Gasteiger partial charge on any atom is 0.122 e. The van der Waals surface area contributed by atoms with E-state index >= 15 is 0 Å². The fraction of sp³-hybridized carbons (Fsp3) is 0.478. The summed E-state index contributed by atoms with van der Waals surface area (Å²) in [6.45, 7) is 13.4.